The molecule has 14 heavy (non-hydrogen) atoms. The van der Waals surface area contributed by atoms with Gasteiger partial charge < -0.3 is 16.2 Å². The van der Waals surface area contributed by atoms with Gasteiger partial charge in [0.15, 0.2) is 0 Å². The van der Waals surface area contributed by atoms with E-state index in [9.17, 15) is 0 Å². The summed E-state index contributed by atoms with van der Waals surface area (Å²) in [5.74, 6) is 1.17. The number of nitrogens with two attached hydrogens (primary N) is 1. The first-order chi connectivity index (χ1) is 6.74. The van der Waals surface area contributed by atoms with Crippen LogP contribution in [-0.2, 0) is 0 Å². The third-order valence-electron chi connectivity index (χ3n) is 2.63. The number of nitrogens with zero attached hydrogens (tertiary/aromatic N) is 2. The van der Waals surface area contributed by atoms with E-state index in [-0.39, 0.29) is 12.0 Å². The SMILES string of the molecule is Nc1cc(NCC2(CO)CC2)ncn1. The van der Waals surface area contributed by atoms with Gasteiger partial charge in [-0.3, -0.25) is 0 Å². The van der Waals surface area contributed by atoms with Crippen molar-refractivity contribution >= 4 is 11.6 Å². The first-order valence-electron chi connectivity index (χ1n) is 4.66. The van der Waals surface area contributed by atoms with Crippen molar-refractivity contribution in [3.8, 4) is 0 Å². The van der Waals surface area contributed by atoms with Crippen molar-refractivity contribution < 1.29 is 5.11 Å². The van der Waals surface area contributed by atoms with Crippen LogP contribution in [0.2, 0.25) is 0 Å². The van der Waals surface area contributed by atoms with Crippen LogP contribution in [-0.4, -0.2) is 28.2 Å². The molecule has 1 saturated carbocycles. The van der Waals surface area contributed by atoms with E-state index in [1.54, 1.807) is 6.07 Å². The van der Waals surface area contributed by atoms with E-state index in [0.717, 1.165) is 25.2 Å². The maximum atomic E-state index is 9.09. The molecule has 0 spiro atoms. The lowest BCUT2D eigenvalue weighted by molar-refractivity contribution is 0.219. The zero-order chi connectivity index (χ0) is 10.0. The van der Waals surface area contributed by atoms with Gasteiger partial charge in [-0.1, -0.05) is 0 Å². The average molecular weight is 194 g/mol. The van der Waals surface area contributed by atoms with Gasteiger partial charge in [-0.2, -0.15) is 0 Å². The molecule has 5 nitrogen and oxygen atoms in total. The fraction of sp³-hybridized carbons (Fsp3) is 0.556. The van der Waals surface area contributed by atoms with Crippen molar-refractivity contribution in [2.45, 2.75) is 12.8 Å². The van der Waals surface area contributed by atoms with Crippen molar-refractivity contribution in [3.63, 3.8) is 0 Å². The van der Waals surface area contributed by atoms with Crippen LogP contribution in [0.1, 0.15) is 12.8 Å². The molecule has 1 aromatic rings. The van der Waals surface area contributed by atoms with E-state index in [1.165, 1.54) is 6.33 Å². The fourth-order valence-electron chi connectivity index (χ4n) is 1.31. The minimum absolute atomic E-state index is 0.0830. The van der Waals surface area contributed by atoms with Crippen LogP contribution in [0.5, 0.6) is 0 Å². The van der Waals surface area contributed by atoms with Crippen LogP contribution in [0.4, 0.5) is 11.6 Å². The Morgan fingerprint density at radius 1 is 1.50 bits per heavy atom. The molecule has 1 heterocycles. The molecule has 1 aromatic heterocycles. The molecule has 5 heteroatoms. The van der Waals surface area contributed by atoms with Gasteiger partial charge in [0, 0.05) is 18.0 Å². The molecule has 0 amide bonds. The molecule has 0 unspecified atom stereocenters. The molecule has 0 bridgehead atoms. The van der Waals surface area contributed by atoms with Gasteiger partial charge in [0.1, 0.15) is 18.0 Å². The number of hydrogen-bond donors (Lipinski definition) is 3. The van der Waals surface area contributed by atoms with Crippen LogP contribution < -0.4 is 11.1 Å². The number of anilines is 2. The van der Waals surface area contributed by atoms with Gasteiger partial charge >= 0.3 is 0 Å². The second-order valence-electron chi connectivity index (χ2n) is 3.84. The van der Waals surface area contributed by atoms with Crippen LogP contribution >= 0.6 is 0 Å². The molecule has 0 atom stereocenters. The highest BCUT2D eigenvalue weighted by molar-refractivity contribution is 5.43. The van der Waals surface area contributed by atoms with Crippen molar-refractivity contribution in [1.82, 2.24) is 9.97 Å². The van der Waals surface area contributed by atoms with Crippen LogP contribution in [0.3, 0.4) is 0 Å². The summed E-state index contributed by atoms with van der Waals surface area (Å²) in [5, 5.41) is 12.2. The normalized spacial score (nSPS) is 17.8. The lowest BCUT2D eigenvalue weighted by atomic mass is 10.1. The minimum atomic E-state index is 0.0830. The van der Waals surface area contributed by atoms with Crippen LogP contribution in [0, 0.1) is 5.41 Å². The van der Waals surface area contributed by atoms with E-state index in [2.05, 4.69) is 15.3 Å². The highest BCUT2D eigenvalue weighted by atomic mass is 16.3. The topological polar surface area (TPSA) is 84.1 Å². The number of hydrogen-bond acceptors (Lipinski definition) is 5. The predicted octanol–water partition coefficient (Wildman–Crippen LogP) is 0.243. The minimum Gasteiger partial charge on any atom is -0.396 e. The van der Waals surface area contributed by atoms with Gasteiger partial charge in [-0.25, -0.2) is 9.97 Å². The standard InChI is InChI=1S/C9H14N4O/c10-7-3-8(13-6-12-7)11-4-9(5-14)1-2-9/h3,6,14H,1-2,4-5H2,(H3,10,11,12,13). The molecule has 1 fully saturated rings. The van der Waals surface area contributed by atoms with E-state index in [4.69, 9.17) is 10.8 Å². The van der Waals surface area contributed by atoms with Crippen molar-refractivity contribution in [2.24, 2.45) is 5.41 Å². The Morgan fingerprint density at radius 2 is 2.29 bits per heavy atom. The van der Waals surface area contributed by atoms with Gasteiger partial charge in [-0.05, 0) is 12.8 Å². The lowest BCUT2D eigenvalue weighted by Crippen LogP contribution is -2.19. The molecule has 76 valence electrons. The Kier molecular flexibility index (Phi) is 2.25. The lowest BCUT2D eigenvalue weighted by Gasteiger charge is -2.12. The highest BCUT2D eigenvalue weighted by Gasteiger charge is 2.41. The summed E-state index contributed by atoms with van der Waals surface area (Å²) in [6.45, 7) is 0.987. The van der Waals surface area contributed by atoms with Gasteiger partial charge in [0.05, 0.1) is 6.61 Å². The fourth-order valence-corrected chi connectivity index (χ4v) is 1.31. The largest absolute Gasteiger partial charge is 0.396 e. The van der Waals surface area contributed by atoms with Crippen molar-refractivity contribution in [3.05, 3.63) is 12.4 Å². The predicted molar refractivity (Wildman–Crippen MR) is 53.7 cm³/mol. The van der Waals surface area contributed by atoms with E-state index in [0.29, 0.717) is 5.82 Å². The maximum Gasteiger partial charge on any atom is 0.131 e. The second-order valence-corrected chi connectivity index (χ2v) is 3.84. The summed E-state index contributed by atoms with van der Waals surface area (Å²) < 4.78 is 0. The van der Waals surface area contributed by atoms with E-state index in [1.807, 2.05) is 0 Å². The van der Waals surface area contributed by atoms with E-state index >= 15 is 0 Å². The summed E-state index contributed by atoms with van der Waals surface area (Å²) in [6.07, 6.45) is 3.59. The van der Waals surface area contributed by atoms with Gasteiger partial charge in [0.25, 0.3) is 0 Å². The third kappa shape index (κ3) is 1.93. The maximum absolute atomic E-state index is 9.09. The Balaban J connectivity index is 1.92. The molecular weight excluding hydrogens is 180 g/mol. The summed E-state index contributed by atoms with van der Waals surface area (Å²) in [6, 6.07) is 1.69. The second kappa shape index (κ2) is 3.42. The van der Waals surface area contributed by atoms with Gasteiger partial charge in [0.2, 0.25) is 0 Å². The zero-order valence-corrected chi connectivity index (χ0v) is 7.90. The van der Waals surface area contributed by atoms with Crippen molar-refractivity contribution in [1.29, 1.82) is 0 Å². The number of rotatable bonds is 4. The highest BCUT2D eigenvalue weighted by Crippen LogP contribution is 2.44. The Labute approximate surface area is 82.4 Å². The van der Waals surface area contributed by atoms with Crippen molar-refractivity contribution in [2.75, 3.05) is 24.2 Å². The molecule has 0 radical (unpaired) electrons. The third-order valence-corrected chi connectivity index (χ3v) is 2.63. The molecular formula is C9H14N4O. The summed E-state index contributed by atoms with van der Waals surface area (Å²) >= 11 is 0. The number of nitrogens with one attached hydrogen (secondary N) is 1. The molecule has 1 aliphatic carbocycles. The number of aromatic nitrogens is 2. The number of aliphatic hydroxyl groups is 1. The quantitative estimate of drug-likeness (QED) is 0.639. The number of aliphatic hydroxyl groups excluding tert-OH is 1. The Hall–Kier alpha value is -1.36. The smallest absolute Gasteiger partial charge is 0.131 e. The Bertz CT molecular complexity index is 324. The van der Waals surface area contributed by atoms with Crippen LogP contribution in [0.15, 0.2) is 12.4 Å². The molecule has 1 aliphatic rings. The summed E-state index contributed by atoms with van der Waals surface area (Å²) in [7, 11) is 0. The monoisotopic (exact) mass is 194 g/mol. The summed E-state index contributed by atoms with van der Waals surface area (Å²) in [5.41, 5.74) is 5.59. The van der Waals surface area contributed by atoms with Crippen LogP contribution in [0.25, 0.3) is 0 Å². The van der Waals surface area contributed by atoms with Gasteiger partial charge in [-0.15, -0.1) is 0 Å². The number of nitrogen functional groups attached to an aromatic ring is 1. The van der Waals surface area contributed by atoms with E-state index < -0.39 is 0 Å². The zero-order valence-electron chi connectivity index (χ0n) is 7.90. The molecule has 0 saturated heterocycles. The molecule has 2 rings (SSSR count). The molecule has 0 aromatic carbocycles. The summed E-state index contributed by atoms with van der Waals surface area (Å²) in [4.78, 5) is 7.82. The molecule has 0 aliphatic heterocycles. The average Bonchev–Trinajstić information content (AvgIpc) is 2.96. The molecule has 4 N–H and O–H groups in total. The first kappa shape index (κ1) is 9.21. The first-order valence-corrected chi connectivity index (χ1v) is 4.66. The Morgan fingerprint density at radius 3 is 2.86 bits per heavy atom.